The molecule has 9 nitrogen and oxygen atoms in total. The second-order valence-electron chi connectivity index (χ2n) is 11.3. The highest BCUT2D eigenvalue weighted by atomic mass is 19.1. The quantitative estimate of drug-likeness (QED) is 0.343. The minimum Gasteiger partial charge on any atom is -0.494 e. The number of Topliss-reactive ketones (excluding diaryl/α,β-unsaturated/α-hetero) is 1. The van der Waals surface area contributed by atoms with Crippen LogP contribution in [0.4, 0.5) is 10.1 Å². The number of piperazine rings is 1. The van der Waals surface area contributed by atoms with E-state index in [1.807, 2.05) is 19.1 Å². The van der Waals surface area contributed by atoms with Gasteiger partial charge in [0.15, 0.2) is 23.1 Å². The third-order valence-electron chi connectivity index (χ3n) is 7.37. The number of carbonyl (C=O) groups is 2. The van der Waals surface area contributed by atoms with Gasteiger partial charge in [-0.3, -0.25) is 9.59 Å². The first kappa shape index (κ1) is 33.1. The highest BCUT2D eigenvalue weighted by molar-refractivity contribution is 5.99. The van der Waals surface area contributed by atoms with Gasteiger partial charge in [-0.25, -0.2) is 4.39 Å². The molecule has 10 heteroatoms. The highest BCUT2D eigenvalue weighted by Crippen LogP contribution is 2.41. The smallest absolute Gasteiger partial charge is 0.248 e. The molecule has 232 valence electrons. The van der Waals surface area contributed by atoms with Gasteiger partial charge in [-0.2, -0.15) is 0 Å². The number of amides is 1. The number of nitrogens with one attached hydrogen (secondary N) is 1. The number of ether oxygens (including phenoxy) is 4. The second-order valence-corrected chi connectivity index (χ2v) is 11.3. The average Bonchev–Trinajstić information content (AvgIpc) is 2.96. The average molecular weight is 588 g/mol. The zero-order chi connectivity index (χ0) is 31.0. The summed E-state index contributed by atoms with van der Waals surface area (Å²) < 4.78 is 37.1. The maximum Gasteiger partial charge on any atom is 0.248 e. The summed E-state index contributed by atoms with van der Waals surface area (Å²) in [5.74, 6) is 0.611. The van der Waals surface area contributed by atoms with Crippen LogP contribution >= 0.6 is 0 Å². The van der Waals surface area contributed by atoms with Crippen molar-refractivity contribution in [3.8, 4) is 17.2 Å². The van der Waals surface area contributed by atoms with Crippen molar-refractivity contribution in [1.29, 1.82) is 0 Å². The molecule has 3 rings (SSSR count). The van der Waals surface area contributed by atoms with Gasteiger partial charge in [0.05, 0.1) is 32.6 Å². The predicted molar refractivity (Wildman–Crippen MR) is 162 cm³/mol. The number of nitrogens with zero attached hydrogens (tertiary/aromatic N) is 2. The van der Waals surface area contributed by atoms with Crippen molar-refractivity contribution in [3.05, 3.63) is 46.3 Å². The van der Waals surface area contributed by atoms with Gasteiger partial charge in [0.1, 0.15) is 12.4 Å². The maximum atomic E-state index is 15.1. The van der Waals surface area contributed by atoms with E-state index in [-0.39, 0.29) is 42.6 Å². The van der Waals surface area contributed by atoms with E-state index in [0.29, 0.717) is 61.8 Å². The number of ketones is 1. The van der Waals surface area contributed by atoms with E-state index >= 15 is 4.39 Å². The molecule has 42 heavy (non-hydrogen) atoms. The lowest BCUT2D eigenvalue weighted by Crippen LogP contribution is -2.50. The molecule has 0 aliphatic carbocycles. The van der Waals surface area contributed by atoms with E-state index in [2.05, 4.69) is 31.0 Å². The minimum atomic E-state index is -0.454. The molecule has 1 aliphatic heterocycles. The second kappa shape index (κ2) is 14.7. The summed E-state index contributed by atoms with van der Waals surface area (Å²) in [6, 6.07) is 5.55. The molecule has 1 fully saturated rings. The summed E-state index contributed by atoms with van der Waals surface area (Å²) >= 11 is 0. The van der Waals surface area contributed by atoms with Crippen molar-refractivity contribution in [2.75, 3.05) is 71.7 Å². The Hall–Kier alpha value is -3.37. The Morgan fingerprint density at radius 2 is 1.64 bits per heavy atom. The number of anilines is 1. The molecule has 1 heterocycles. The summed E-state index contributed by atoms with van der Waals surface area (Å²) in [7, 11) is 3.16. The number of hydrogen-bond acceptors (Lipinski definition) is 8. The molecule has 0 saturated carbocycles. The first-order valence-corrected chi connectivity index (χ1v) is 14.5. The summed E-state index contributed by atoms with van der Waals surface area (Å²) in [5, 5.41) is 3.19. The number of methoxy groups -OCH3 is 2. The monoisotopic (exact) mass is 587 g/mol. The Labute approximate surface area is 249 Å². The number of carbonyl (C=O) groups excluding carboxylic acids is 2. The van der Waals surface area contributed by atoms with E-state index in [0.717, 1.165) is 17.0 Å². The van der Waals surface area contributed by atoms with Crippen molar-refractivity contribution >= 4 is 17.4 Å². The largest absolute Gasteiger partial charge is 0.494 e. The van der Waals surface area contributed by atoms with Crippen LogP contribution in [0.1, 0.15) is 61.7 Å². The van der Waals surface area contributed by atoms with Gasteiger partial charge in [0.2, 0.25) is 5.91 Å². The lowest BCUT2D eigenvalue weighted by molar-refractivity contribution is -0.135. The van der Waals surface area contributed by atoms with Crippen molar-refractivity contribution in [2.24, 2.45) is 0 Å². The Bertz CT molecular complexity index is 1250. The Morgan fingerprint density at radius 3 is 2.21 bits per heavy atom. The molecule has 2 aromatic carbocycles. The van der Waals surface area contributed by atoms with Gasteiger partial charge in [-0.05, 0) is 55.5 Å². The normalized spacial score (nSPS) is 13.7. The van der Waals surface area contributed by atoms with Crippen LogP contribution in [0.2, 0.25) is 0 Å². The molecule has 1 saturated heterocycles. The van der Waals surface area contributed by atoms with Crippen LogP contribution in [-0.2, 0) is 21.5 Å². The third-order valence-corrected chi connectivity index (χ3v) is 7.37. The fourth-order valence-corrected chi connectivity index (χ4v) is 5.08. The molecule has 0 unspecified atom stereocenters. The van der Waals surface area contributed by atoms with Crippen LogP contribution < -0.4 is 24.4 Å². The van der Waals surface area contributed by atoms with E-state index in [4.69, 9.17) is 18.9 Å². The number of hydrogen-bond donors (Lipinski definition) is 1. The lowest BCUT2D eigenvalue weighted by atomic mass is 9.84. The molecular formula is C32H46FN3O6. The summed E-state index contributed by atoms with van der Waals surface area (Å²) in [6.45, 7) is 15.0. The van der Waals surface area contributed by atoms with Gasteiger partial charge in [-0.15, -0.1) is 0 Å². The van der Waals surface area contributed by atoms with Crippen LogP contribution in [0.15, 0.2) is 18.2 Å². The highest BCUT2D eigenvalue weighted by Gasteiger charge is 2.29. The van der Waals surface area contributed by atoms with E-state index in [9.17, 15) is 9.59 Å². The predicted octanol–water partition coefficient (Wildman–Crippen LogP) is 4.51. The van der Waals surface area contributed by atoms with Crippen molar-refractivity contribution in [1.82, 2.24) is 10.2 Å². The van der Waals surface area contributed by atoms with E-state index in [1.54, 1.807) is 31.9 Å². The summed E-state index contributed by atoms with van der Waals surface area (Å²) in [6.07, 6.45) is 0. The molecule has 1 amide bonds. The van der Waals surface area contributed by atoms with Gasteiger partial charge in [0.25, 0.3) is 0 Å². The zero-order valence-electron chi connectivity index (χ0n) is 26.3. The van der Waals surface area contributed by atoms with Gasteiger partial charge in [-0.1, -0.05) is 20.8 Å². The molecule has 0 atom stereocenters. The third kappa shape index (κ3) is 7.72. The minimum absolute atomic E-state index is 0.0366. The van der Waals surface area contributed by atoms with Crippen LogP contribution in [0.25, 0.3) is 0 Å². The van der Waals surface area contributed by atoms with Gasteiger partial charge in [0, 0.05) is 51.0 Å². The molecule has 2 aromatic rings. The first-order valence-electron chi connectivity index (χ1n) is 14.5. The van der Waals surface area contributed by atoms with E-state index < -0.39 is 5.82 Å². The van der Waals surface area contributed by atoms with E-state index in [1.165, 1.54) is 7.11 Å². The fourth-order valence-electron chi connectivity index (χ4n) is 5.08. The van der Waals surface area contributed by atoms with Crippen molar-refractivity contribution in [3.63, 3.8) is 0 Å². The Balaban J connectivity index is 1.83. The van der Waals surface area contributed by atoms with Crippen molar-refractivity contribution in [2.45, 2.75) is 53.5 Å². The standard InChI is InChI=1S/C32H46FN3O6/c1-9-41-27-17-23(21(3)29(33)31(27)42-10-2)18-34-19-26(37)22-15-24(32(4,5)6)30(40-8)25(16-22)35-11-13-36(14-12-35)28(38)20-39-7/h15-17,34H,9-14,18-20H2,1-8H3. The van der Waals surface area contributed by atoms with Gasteiger partial charge < -0.3 is 34.1 Å². The molecular weight excluding hydrogens is 541 g/mol. The van der Waals surface area contributed by atoms with Crippen LogP contribution in [-0.4, -0.2) is 83.4 Å². The van der Waals surface area contributed by atoms with Gasteiger partial charge >= 0.3 is 0 Å². The van der Waals surface area contributed by atoms with Crippen LogP contribution in [0.3, 0.4) is 0 Å². The molecule has 0 aromatic heterocycles. The molecule has 1 N–H and O–H groups in total. The number of rotatable bonds is 13. The number of benzene rings is 2. The topological polar surface area (TPSA) is 89.6 Å². The zero-order valence-corrected chi connectivity index (χ0v) is 26.3. The summed E-state index contributed by atoms with van der Waals surface area (Å²) in [5.41, 5.74) is 3.18. The molecule has 0 radical (unpaired) electrons. The SMILES string of the molecule is CCOc1cc(CNCC(=O)c2cc(N3CCN(C(=O)COC)CC3)c(OC)c(C(C)(C)C)c2)c(C)c(F)c1OCC. The van der Waals surface area contributed by atoms with Crippen LogP contribution in [0.5, 0.6) is 17.2 Å². The Morgan fingerprint density at radius 1 is 0.976 bits per heavy atom. The molecule has 1 aliphatic rings. The lowest BCUT2D eigenvalue weighted by Gasteiger charge is -2.37. The van der Waals surface area contributed by atoms with Crippen molar-refractivity contribution < 1.29 is 32.9 Å². The van der Waals surface area contributed by atoms with Crippen LogP contribution in [0, 0.1) is 12.7 Å². The number of halogens is 1. The molecule has 0 bridgehead atoms. The maximum absolute atomic E-state index is 15.1. The molecule has 0 spiro atoms. The summed E-state index contributed by atoms with van der Waals surface area (Å²) in [4.78, 5) is 29.8. The fraction of sp³-hybridized carbons (Fsp3) is 0.562. The Kier molecular flexibility index (Phi) is 11.6. The first-order chi connectivity index (χ1) is 20.0.